The molecule has 2 N–H and O–H groups in total. The number of nitrogens with zero attached hydrogens (tertiary/aromatic N) is 3. The first-order valence-electron chi connectivity index (χ1n) is 14.1. The molecule has 0 bridgehead atoms. The zero-order chi connectivity index (χ0) is 31.1. The van der Waals surface area contributed by atoms with Gasteiger partial charge in [-0.05, 0) is 54.6 Å². The third-order valence-electron chi connectivity index (χ3n) is 6.74. The molecule has 44 heavy (non-hydrogen) atoms. The van der Waals surface area contributed by atoms with E-state index in [0.717, 1.165) is 32.6 Å². The number of amidine groups is 1. The highest BCUT2D eigenvalue weighted by molar-refractivity contribution is 8.19. The third-order valence-corrected chi connectivity index (χ3v) is 9.17. The van der Waals surface area contributed by atoms with E-state index in [9.17, 15) is 9.59 Å². The molecule has 2 aliphatic rings. The number of carbonyl (C=O) groups excluding carboxylic acids is 2. The molecule has 1 fully saturated rings. The topological polar surface area (TPSA) is 105 Å². The van der Waals surface area contributed by atoms with Crippen LogP contribution in [0.2, 0.25) is 0 Å². The molecule has 10 nitrogen and oxygen atoms in total. The fraction of sp³-hybridized carbons (Fsp3) is 0.281. The molecule has 0 spiro atoms. The van der Waals surface area contributed by atoms with Crippen LogP contribution >= 0.6 is 23.5 Å². The summed E-state index contributed by atoms with van der Waals surface area (Å²) in [6, 6.07) is 21.3. The normalized spacial score (nSPS) is 16.9. The summed E-state index contributed by atoms with van der Waals surface area (Å²) in [4.78, 5) is 36.7. The van der Waals surface area contributed by atoms with Gasteiger partial charge in [0, 0.05) is 44.5 Å². The van der Waals surface area contributed by atoms with Gasteiger partial charge in [0.1, 0.15) is 23.9 Å². The molecule has 2 amide bonds. The van der Waals surface area contributed by atoms with E-state index in [-0.39, 0.29) is 18.4 Å². The third kappa shape index (κ3) is 7.21. The number of amides is 2. The van der Waals surface area contributed by atoms with Crippen LogP contribution in [0.1, 0.15) is 12.5 Å². The van der Waals surface area contributed by atoms with Gasteiger partial charge in [-0.2, -0.15) is 0 Å². The van der Waals surface area contributed by atoms with Gasteiger partial charge in [0.25, 0.3) is 5.91 Å². The number of thioether (sulfide) groups is 2. The second-order valence-electron chi connectivity index (χ2n) is 9.88. The summed E-state index contributed by atoms with van der Waals surface area (Å²) >= 11 is 2.90. The predicted octanol–water partition coefficient (Wildman–Crippen LogP) is 5.90. The number of ether oxygens (including phenoxy) is 3. The molecule has 0 atom stereocenters. The molecule has 0 aromatic heterocycles. The van der Waals surface area contributed by atoms with Gasteiger partial charge in [-0.25, -0.2) is 4.99 Å². The average Bonchev–Trinajstić information content (AvgIpc) is 3.50. The molecule has 2 heterocycles. The zero-order valence-electron chi connectivity index (χ0n) is 25.1. The van der Waals surface area contributed by atoms with Gasteiger partial charge < -0.3 is 29.7 Å². The van der Waals surface area contributed by atoms with Crippen molar-refractivity contribution in [2.75, 3.05) is 63.2 Å². The molecule has 0 radical (unpaired) electrons. The van der Waals surface area contributed by atoms with Gasteiger partial charge in [-0.3, -0.25) is 14.5 Å². The lowest BCUT2D eigenvalue weighted by atomic mass is 10.2. The number of benzene rings is 3. The Kier molecular flexibility index (Phi) is 10.5. The minimum Gasteiger partial charge on any atom is -0.491 e. The van der Waals surface area contributed by atoms with E-state index in [4.69, 9.17) is 19.2 Å². The molecule has 1 saturated heterocycles. The first kappa shape index (κ1) is 31.5. The van der Waals surface area contributed by atoms with Crippen LogP contribution in [0.5, 0.6) is 5.75 Å². The summed E-state index contributed by atoms with van der Waals surface area (Å²) < 4.78 is 15.9. The molecular weight excluding hydrogens is 599 g/mol. The van der Waals surface area contributed by atoms with Gasteiger partial charge in [0.05, 0.1) is 35.2 Å². The Morgan fingerprint density at radius 2 is 1.80 bits per heavy atom. The van der Waals surface area contributed by atoms with E-state index in [1.165, 1.54) is 18.9 Å². The molecule has 3 aromatic carbocycles. The van der Waals surface area contributed by atoms with Gasteiger partial charge in [-0.15, -0.1) is 0 Å². The molecular formula is C32H35N5O5S2. The fourth-order valence-electron chi connectivity index (χ4n) is 4.66. The molecule has 0 aliphatic carbocycles. The molecule has 12 heteroatoms. The van der Waals surface area contributed by atoms with E-state index in [0.29, 0.717) is 47.8 Å². The smallest absolute Gasteiger partial charge is 0.269 e. The van der Waals surface area contributed by atoms with Gasteiger partial charge in [-0.1, -0.05) is 42.1 Å². The van der Waals surface area contributed by atoms with Crippen molar-refractivity contribution in [3.63, 3.8) is 0 Å². The second kappa shape index (κ2) is 14.7. The minimum atomic E-state index is -0.265. The zero-order valence-corrected chi connectivity index (χ0v) is 26.7. The molecule has 3 aromatic rings. The van der Waals surface area contributed by atoms with Crippen molar-refractivity contribution >= 4 is 63.3 Å². The average molecular weight is 634 g/mol. The van der Waals surface area contributed by atoms with Gasteiger partial charge >= 0.3 is 0 Å². The van der Waals surface area contributed by atoms with Crippen LogP contribution < -0.4 is 20.3 Å². The van der Waals surface area contributed by atoms with Crippen molar-refractivity contribution in [2.45, 2.75) is 18.4 Å². The van der Waals surface area contributed by atoms with Crippen LogP contribution in [-0.2, 0) is 25.6 Å². The predicted molar refractivity (Wildman–Crippen MR) is 178 cm³/mol. The van der Waals surface area contributed by atoms with Crippen molar-refractivity contribution in [1.82, 2.24) is 4.90 Å². The van der Waals surface area contributed by atoms with Crippen molar-refractivity contribution < 1.29 is 23.8 Å². The molecule has 2 aliphatic heterocycles. The summed E-state index contributed by atoms with van der Waals surface area (Å²) in [5.74, 6) is 0.357. The van der Waals surface area contributed by atoms with Crippen LogP contribution in [-0.4, -0.2) is 69.5 Å². The monoisotopic (exact) mass is 633 g/mol. The largest absolute Gasteiger partial charge is 0.491 e. The lowest BCUT2D eigenvalue weighted by Crippen LogP contribution is -2.29. The first-order valence-corrected chi connectivity index (χ1v) is 15.8. The SMILES string of the molecule is CCNc1ccc(NC(=O)COC)cc1N=C1SC(=C2Sc3ccc(OCCOC)cc3N2C)C(=O)N1Cc1ccccc1. The van der Waals surface area contributed by atoms with E-state index in [2.05, 4.69) is 10.6 Å². The molecule has 230 valence electrons. The van der Waals surface area contributed by atoms with Crippen molar-refractivity contribution in [3.05, 3.63) is 82.2 Å². The van der Waals surface area contributed by atoms with Crippen molar-refractivity contribution in [3.8, 4) is 5.75 Å². The number of hydrogen-bond acceptors (Lipinski definition) is 10. The Morgan fingerprint density at radius 1 is 0.977 bits per heavy atom. The standard InChI is InChI=1S/C32H35N5O5S2/c1-5-33-24-13-11-22(34-28(38)20-41-4)17-25(24)35-32-37(19-21-9-7-6-8-10-21)30(39)29(44-32)31-36(2)26-18-23(42-16-15-40-3)12-14-27(26)43-31/h6-14,17-18,33H,5,15-16,19-20H2,1-4H3,(H,34,38). The summed E-state index contributed by atoms with van der Waals surface area (Å²) in [6.07, 6.45) is 0. The van der Waals surface area contributed by atoms with Crippen LogP contribution in [0.4, 0.5) is 22.7 Å². The quantitative estimate of drug-likeness (QED) is 0.186. The Morgan fingerprint density at radius 3 is 2.55 bits per heavy atom. The number of rotatable bonds is 12. The highest BCUT2D eigenvalue weighted by Crippen LogP contribution is 2.51. The molecule has 0 unspecified atom stereocenters. The van der Waals surface area contributed by atoms with E-state index in [1.807, 2.05) is 79.5 Å². The maximum atomic E-state index is 14.1. The number of fused-ring (bicyclic) bond motifs is 1. The van der Waals surface area contributed by atoms with E-state index >= 15 is 0 Å². The number of nitrogens with one attached hydrogen (secondary N) is 2. The minimum absolute atomic E-state index is 0.0563. The highest BCUT2D eigenvalue weighted by atomic mass is 32.2. The van der Waals surface area contributed by atoms with Crippen LogP contribution in [0, 0.1) is 0 Å². The van der Waals surface area contributed by atoms with Crippen LogP contribution in [0.15, 0.2) is 86.6 Å². The van der Waals surface area contributed by atoms with Crippen LogP contribution in [0.25, 0.3) is 0 Å². The lowest BCUT2D eigenvalue weighted by molar-refractivity contribution is -0.122. The van der Waals surface area contributed by atoms with Crippen LogP contribution in [0.3, 0.4) is 0 Å². The van der Waals surface area contributed by atoms with Gasteiger partial charge in [0.2, 0.25) is 5.91 Å². The fourth-order valence-corrected chi connectivity index (χ4v) is 6.97. The number of methoxy groups -OCH3 is 2. The molecule has 0 saturated carbocycles. The van der Waals surface area contributed by atoms with E-state index in [1.54, 1.807) is 29.8 Å². The highest BCUT2D eigenvalue weighted by Gasteiger charge is 2.39. The summed E-state index contributed by atoms with van der Waals surface area (Å²) in [5, 5.41) is 7.56. The van der Waals surface area contributed by atoms with E-state index < -0.39 is 0 Å². The number of carbonyl (C=O) groups is 2. The van der Waals surface area contributed by atoms with Crippen molar-refractivity contribution in [1.29, 1.82) is 0 Å². The number of hydrogen-bond donors (Lipinski definition) is 2. The maximum absolute atomic E-state index is 14.1. The second-order valence-corrected chi connectivity index (χ2v) is 11.9. The number of anilines is 3. The summed E-state index contributed by atoms with van der Waals surface area (Å²) in [7, 11) is 5.07. The van der Waals surface area contributed by atoms with Crippen molar-refractivity contribution in [2.24, 2.45) is 4.99 Å². The Hall–Kier alpha value is -3.97. The Labute approximate surface area is 265 Å². The van der Waals surface area contributed by atoms with Gasteiger partial charge in [0.15, 0.2) is 5.17 Å². The summed E-state index contributed by atoms with van der Waals surface area (Å²) in [5.41, 5.74) is 3.94. The first-order chi connectivity index (χ1) is 21.4. The Bertz CT molecular complexity index is 1580. The Balaban J connectivity index is 1.52. The maximum Gasteiger partial charge on any atom is 0.269 e. The molecule has 5 rings (SSSR count). The number of aliphatic imine (C=N–C) groups is 1. The summed E-state index contributed by atoms with van der Waals surface area (Å²) in [6.45, 7) is 3.94. The lowest BCUT2D eigenvalue weighted by Gasteiger charge is -2.17.